The van der Waals surface area contributed by atoms with Crippen LogP contribution in [0.4, 0.5) is 0 Å². The molecule has 1 aliphatic heterocycles. The Hall–Kier alpha value is -1.17. The van der Waals surface area contributed by atoms with E-state index < -0.39 is 0 Å². The molecule has 1 aromatic heterocycles. The average Bonchev–Trinajstić information content (AvgIpc) is 2.39. The summed E-state index contributed by atoms with van der Waals surface area (Å²) in [5, 5.41) is 9.09. The third kappa shape index (κ3) is 3.15. The van der Waals surface area contributed by atoms with Crippen molar-refractivity contribution >= 4 is 0 Å². The first kappa shape index (κ1) is 12.3. The van der Waals surface area contributed by atoms with Gasteiger partial charge in [0.15, 0.2) is 0 Å². The zero-order valence-corrected chi connectivity index (χ0v) is 10.0. The number of aromatic nitrogens is 1. The van der Waals surface area contributed by atoms with Crippen LogP contribution in [0.15, 0.2) is 18.3 Å². The van der Waals surface area contributed by atoms with Gasteiger partial charge in [-0.15, -0.1) is 0 Å². The molecular formula is C12H18N2O3. The van der Waals surface area contributed by atoms with Crippen molar-refractivity contribution in [3.05, 3.63) is 23.9 Å². The molecule has 1 atom stereocenters. The largest absolute Gasteiger partial charge is 0.481 e. The summed E-state index contributed by atoms with van der Waals surface area (Å²) in [7, 11) is 1.63. The minimum Gasteiger partial charge on any atom is -0.481 e. The summed E-state index contributed by atoms with van der Waals surface area (Å²) in [6.45, 7) is 3.12. The normalized spacial score (nSPS) is 21.4. The number of pyridine rings is 1. The summed E-state index contributed by atoms with van der Waals surface area (Å²) in [6, 6.07) is 3.91. The van der Waals surface area contributed by atoms with Crippen LogP contribution >= 0.6 is 0 Å². The second-order valence-electron chi connectivity index (χ2n) is 4.08. The molecule has 0 aliphatic carbocycles. The van der Waals surface area contributed by atoms with E-state index in [1.54, 1.807) is 13.3 Å². The molecular weight excluding hydrogens is 220 g/mol. The Morgan fingerprint density at radius 3 is 3.29 bits per heavy atom. The van der Waals surface area contributed by atoms with Crippen molar-refractivity contribution in [3.8, 4) is 5.88 Å². The fourth-order valence-electron chi connectivity index (χ4n) is 2.00. The van der Waals surface area contributed by atoms with Gasteiger partial charge in [-0.25, -0.2) is 4.98 Å². The number of ether oxygens (including phenoxy) is 2. The number of methoxy groups -OCH3 is 1. The molecule has 1 aromatic rings. The summed E-state index contributed by atoms with van der Waals surface area (Å²) >= 11 is 0. The predicted molar refractivity (Wildman–Crippen MR) is 62.9 cm³/mol. The lowest BCUT2D eigenvalue weighted by atomic mass is 10.2. The number of hydrogen-bond acceptors (Lipinski definition) is 5. The summed E-state index contributed by atoms with van der Waals surface area (Å²) < 4.78 is 10.6. The number of nitrogens with zero attached hydrogens (tertiary/aromatic N) is 2. The van der Waals surface area contributed by atoms with Gasteiger partial charge in [0, 0.05) is 31.4 Å². The van der Waals surface area contributed by atoms with Crippen LogP contribution in [0, 0.1) is 0 Å². The summed E-state index contributed by atoms with van der Waals surface area (Å²) in [5.41, 5.74) is 1.06. The third-order valence-corrected chi connectivity index (χ3v) is 2.86. The molecule has 94 valence electrons. The summed E-state index contributed by atoms with van der Waals surface area (Å²) in [6.07, 6.45) is 1.64. The standard InChI is InChI=1S/C12H18N2O3/c1-16-12-10(3-2-4-13-12)7-14-5-6-17-11(8-14)9-15/h2-4,11,15H,5-9H2,1H3. The van der Waals surface area contributed by atoms with Crippen molar-refractivity contribution in [1.82, 2.24) is 9.88 Å². The molecule has 0 bridgehead atoms. The quantitative estimate of drug-likeness (QED) is 0.816. The lowest BCUT2D eigenvalue weighted by Gasteiger charge is -2.32. The van der Waals surface area contributed by atoms with Crippen molar-refractivity contribution < 1.29 is 14.6 Å². The van der Waals surface area contributed by atoms with Crippen molar-refractivity contribution in [1.29, 1.82) is 0 Å². The van der Waals surface area contributed by atoms with E-state index in [9.17, 15) is 0 Å². The first-order valence-electron chi connectivity index (χ1n) is 5.76. The highest BCUT2D eigenvalue weighted by atomic mass is 16.5. The number of rotatable bonds is 4. The van der Waals surface area contributed by atoms with E-state index in [1.807, 2.05) is 12.1 Å². The second kappa shape index (κ2) is 5.95. The van der Waals surface area contributed by atoms with E-state index in [0.717, 1.165) is 25.2 Å². The van der Waals surface area contributed by atoms with E-state index in [1.165, 1.54) is 0 Å². The van der Waals surface area contributed by atoms with Gasteiger partial charge in [0.25, 0.3) is 0 Å². The Kier molecular flexibility index (Phi) is 4.30. The summed E-state index contributed by atoms with van der Waals surface area (Å²) in [5.74, 6) is 0.666. The maximum absolute atomic E-state index is 9.09. The minimum absolute atomic E-state index is 0.0701. The molecule has 1 N–H and O–H groups in total. The van der Waals surface area contributed by atoms with Gasteiger partial charge in [-0.2, -0.15) is 0 Å². The maximum atomic E-state index is 9.09. The lowest BCUT2D eigenvalue weighted by Crippen LogP contribution is -2.43. The van der Waals surface area contributed by atoms with E-state index in [-0.39, 0.29) is 12.7 Å². The molecule has 0 aromatic carbocycles. The highest BCUT2D eigenvalue weighted by molar-refractivity contribution is 5.25. The number of hydrogen-bond donors (Lipinski definition) is 1. The number of morpholine rings is 1. The van der Waals surface area contributed by atoms with E-state index in [4.69, 9.17) is 14.6 Å². The Labute approximate surface area is 101 Å². The van der Waals surface area contributed by atoms with Crippen LogP contribution < -0.4 is 4.74 Å². The molecule has 0 saturated carbocycles. The van der Waals surface area contributed by atoms with Crippen molar-refractivity contribution in [2.45, 2.75) is 12.6 Å². The smallest absolute Gasteiger partial charge is 0.217 e. The van der Waals surface area contributed by atoms with Crippen LogP contribution in [0.25, 0.3) is 0 Å². The Morgan fingerprint density at radius 1 is 1.65 bits per heavy atom. The molecule has 1 saturated heterocycles. The Morgan fingerprint density at radius 2 is 2.53 bits per heavy atom. The van der Waals surface area contributed by atoms with Crippen LogP contribution in [-0.2, 0) is 11.3 Å². The highest BCUT2D eigenvalue weighted by Crippen LogP contribution is 2.17. The van der Waals surface area contributed by atoms with E-state index in [0.29, 0.717) is 12.5 Å². The first-order chi connectivity index (χ1) is 8.33. The van der Waals surface area contributed by atoms with Crippen LogP contribution in [0.3, 0.4) is 0 Å². The molecule has 0 radical (unpaired) electrons. The molecule has 0 amide bonds. The molecule has 5 heteroatoms. The molecule has 1 unspecified atom stereocenters. The lowest BCUT2D eigenvalue weighted by molar-refractivity contribution is -0.0552. The monoisotopic (exact) mass is 238 g/mol. The minimum atomic E-state index is -0.0774. The zero-order chi connectivity index (χ0) is 12.1. The van der Waals surface area contributed by atoms with Gasteiger partial charge in [0.05, 0.1) is 26.4 Å². The van der Waals surface area contributed by atoms with Gasteiger partial charge in [0.1, 0.15) is 0 Å². The highest BCUT2D eigenvalue weighted by Gasteiger charge is 2.20. The molecule has 1 fully saturated rings. The third-order valence-electron chi connectivity index (χ3n) is 2.86. The van der Waals surface area contributed by atoms with Crippen molar-refractivity contribution in [2.24, 2.45) is 0 Å². The number of aliphatic hydroxyl groups is 1. The summed E-state index contributed by atoms with van der Waals surface area (Å²) in [4.78, 5) is 6.41. The average molecular weight is 238 g/mol. The zero-order valence-electron chi connectivity index (χ0n) is 10.0. The molecule has 1 aliphatic rings. The van der Waals surface area contributed by atoms with Crippen molar-refractivity contribution in [3.63, 3.8) is 0 Å². The van der Waals surface area contributed by atoms with Gasteiger partial charge in [0.2, 0.25) is 5.88 Å². The number of aliphatic hydroxyl groups excluding tert-OH is 1. The van der Waals surface area contributed by atoms with Gasteiger partial charge in [-0.1, -0.05) is 6.07 Å². The van der Waals surface area contributed by atoms with Crippen LogP contribution in [0.5, 0.6) is 5.88 Å². The van der Waals surface area contributed by atoms with Crippen molar-refractivity contribution in [2.75, 3.05) is 33.4 Å². The van der Waals surface area contributed by atoms with Crippen LogP contribution in [0.1, 0.15) is 5.56 Å². The van der Waals surface area contributed by atoms with Gasteiger partial charge < -0.3 is 14.6 Å². The Bertz CT molecular complexity index is 359. The Balaban J connectivity index is 2.00. The molecule has 2 rings (SSSR count). The SMILES string of the molecule is COc1ncccc1CN1CCOC(CO)C1. The molecule has 0 spiro atoms. The first-order valence-corrected chi connectivity index (χ1v) is 5.76. The fraction of sp³-hybridized carbons (Fsp3) is 0.583. The predicted octanol–water partition coefficient (Wildman–Crippen LogP) is 0.283. The molecule has 5 nitrogen and oxygen atoms in total. The second-order valence-corrected chi connectivity index (χ2v) is 4.08. The topological polar surface area (TPSA) is 54.8 Å². The van der Waals surface area contributed by atoms with Gasteiger partial charge >= 0.3 is 0 Å². The van der Waals surface area contributed by atoms with Crippen LogP contribution in [-0.4, -0.2) is 54.5 Å². The maximum Gasteiger partial charge on any atom is 0.217 e. The van der Waals surface area contributed by atoms with Crippen LogP contribution in [0.2, 0.25) is 0 Å². The fourth-order valence-corrected chi connectivity index (χ4v) is 2.00. The van der Waals surface area contributed by atoms with E-state index >= 15 is 0 Å². The van der Waals surface area contributed by atoms with E-state index in [2.05, 4.69) is 9.88 Å². The molecule has 2 heterocycles. The molecule has 17 heavy (non-hydrogen) atoms. The van der Waals surface area contributed by atoms with Gasteiger partial charge in [-0.05, 0) is 6.07 Å². The van der Waals surface area contributed by atoms with Gasteiger partial charge in [-0.3, -0.25) is 4.90 Å².